The second-order valence-corrected chi connectivity index (χ2v) is 7.44. The summed E-state index contributed by atoms with van der Waals surface area (Å²) in [6.45, 7) is 0.000892. The second kappa shape index (κ2) is 8.38. The molecule has 1 amide bonds. The van der Waals surface area contributed by atoms with Crippen LogP contribution in [0.5, 0.6) is 5.75 Å². The normalized spacial score (nSPS) is 13.8. The van der Waals surface area contributed by atoms with E-state index in [-0.39, 0.29) is 24.8 Å². The molecule has 8 heteroatoms. The van der Waals surface area contributed by atoms with Crippen LogP contribution in [0.15, 0.2) is 36.4 Å². The van der Waals surface area contributed by atoms with E-state index in [1.807, 2.05) is 0 Å². The summed E-state index contributed by atoms with van der Waals surface area (Å²) < 4.78 is 45.3. The predicted molar refractivity (Wildman–Crippen MR) is 104 cm³/mol. The van der Waals surface area contributed by atoms with E-state index in [2.05, 4.69) is 0 Å². The third-order valence-electron chi connectivity index (χ3n) is 5.05. The van der Waals surface area contributed by atoms with Crippen LogP contribution in [-0.4, -0.2) is 36.0 Å². The van der Waals surface area contributed by atoms with Crippen molar-refractivity contribution in [1.29, 1.82) is 0 Å². The number of carbonyl (C=O) groups is 2. The first-order valence-corrected chi connectivity index (χ1v) is 9.44. The molecule has 0 saturated heterocycles. The zero-order valence-electron chi connectivity index (χ0n) is 16.6. The van der Waals surface area contributed by atoms with Gasteiger partial charge in [-0.2, -0.15) is 13.2 Å². The maximum absolute atomic E-state index is 13.3. The van der Waals surface area contributed by atoms with Gasteiger partial charge in [-0.05, 0) is 53.8 Å². The van der Waals surface area contributed by atoms with Crippen molar-refractivity contribution in [3.05, 3.63) is 53.1 Å². The number of carboxylic acid groups (broad SMARTS) is 1. The number of ether oxygens (including phenoxy) is 1. The van der Waals surface area contributed by atoms with Crippen molar-refractivity contribution in [2.75, 3.05) is 14.2 Å². The molecule has 1 aliphatic rings. The molecule has 2 aromatic carbocycles. The van der Waals surface area contributed by atoms with E-state index < -0.39 is 17.7 Å². The van der Waals surface area contributed by atoms with Gasteiger partial charge >= 0.3 is 12.1 Å². The van der Waals surface area contributed by atoms with Crippen LogP contribution in [0.1, 0.15) is 29.5 Å². The van der Waals surface area contributed by atoms with Gasteiger partial charge in [0.1, 0.15) is 5.75 Å². The van der Waals surface area contributed by atoms with Crippen LogP contribution in [0.25, 0.3) is 11.1 Å². The summed E-state index contributed by atoms with van der Waals surface area (Å²) in [5.74, 6) is -0.766. The molecule has 1 fully saturated rings. The van der Waals surface area contributed by atoms with Gasteiger partial charge in [0, 0.05) is 25.1 Å². The van der Waals surface area contributed by atoms with Gasteiger partial charge in [-0.25, -0.2) is 0 Å². The Balaban J connectivity index is 2.08. The number of carboxylic acids is 1. The number of hydrogen-bond donors (Lipinski definition) is 1. The highest BCUT2D eigenvalue weighted by atomic mass is 19.4. The number of methoxy groups -OCH3 is 1. The summed E-state index contributed by atoms with van der Waals surface area (Å²) in [5.41, 5.74) is 0.933. The van der Waals surface area contributed by atoms with Gasteiger partial charge in [-0.15, -0.1) is 0 Å². The Bertz CT molecular complexity index is 967. The fourth-order valence-corrected chi connectivity index (χ4v) is 3.39. The molecule has 5 nitrogen and oxygen atoms in total. The maximum Gasteiger partial charge on any atom is 0.416 e. The fraction of sp³-hybridized carbons (Fsp3) is 0.364. The molecule has 3 rings (SSSR count). The molecule has 0 spiro atoms. The smallest absolute Gasteiger partial charge is 0.416 e. The van der Waals surface area contributed by atoms with Gasteiger partial charge in [0.15, 0.2) is 0 Å². The maximum atomic E-state index is 13.3. The average Bonchev–Trinajstić information content (AvgIpc) is 3.51. The Kier molecular flexibility index (Phi) is 6.05. The summed E-state index contributed by atoms with van der Waals surface area (Å²) in [7, 11) is 3.00. The van der Waals surface area contributed by atoms with Crippen molar-refractivity contribution in [3.8, 4) is 16.9 Å². The molecule has 0 atom stereocenters. The van der Waals surface area contributed by atoms with Gasteiger partial charge in [0.2, 0.25) is 5.91 Å². The van der Waals surface area contributed by atoms with E-state index in [0.717, 1.165) is 25.0 Å². The molecule has 0 unspecified atom stereocenters. The van der Waals surface area contributed by atoms with Crippen molar-refractivity contribution in [1.82, 2.24) is 4.90 Å². The lowest BCUT2D eigenvalue weighted by atomic mass is 9.94. The average molecular weight is 421 g/mol. The minimum absolute atomic E-state index is 0.000892. The minimum atomic E-state index is -4.53. The molecule has 1 N–H and O–H groups in total. The molecular formula is C22H22F3NO4. The molecule has 30 heavy (non-hydrogen) atoms. The first kappa shape index (κ1) is 21.7. The van der Waals surface area contributed by atoms with Crippen LogP contribution in [-0.2, 0) is 28.7 Å². The van der Waals surface area contributed by atoms with Crippen LogP contribution in [0.4, 0.5) is 13.2 Å². The molecule has 0 aromatic heterocycles. The Labute approximate surface area is 172 Å². The van der Waals surface area contributed by atoms with Gasteiger partial charge in [-0.1, -0.05) is 12.1 Å². The molecule has 160 valence electrons. The number of nitrogens with zero attached hydrogens (tertiary/aromatic N) is 1. The van der Waals surface area contributed by atoms with Crippen LogP contribution in [0.3, 0.4) is 0 Å². The molecule has 0 aliphatic heterocycles. The molecule has 0 radical (unpaired) electrons. The lowest BCUT2D eigenvalue weighted by Gasteiger charge is -2.22. The highest BCUT2D eigenvalue weighted by molar-refractivity contribution is 5.82. The number of aliphatic carboxylic acids is 1. The number of alkyl halides is 3. The third kappa shape index (κ3) is 4.93. The number of hydrogen-bond acceptors (Lipinski definition) is 3. The third-order valence-corrected chi connectivity index (χ3v) is 5.05. The van der Waals surface area contributed by atoms with Gasteiger partial charge in [-0.3, -0.25) is 9.59 Å². The Morgan fingerprint density at radius 1 is 1.13 bits per heavy atom. The van der Waals surface area contributed by atoms with Crippen molar-refractivity contribution in [2.24, 2.45) is 5.92 Å². The van der Waals surface area contributed by atoms with Crippen LogP contribution >= 0.6 is 0 Å². The Morgan fingerprint density at radius 2 is 1.83 bits per heavy atom. The zero-order chi connectivity index (χ0) is 22.1. The van der Waals surface area contributed by atoms with Crippen molar-refractivity contribution >= 4 is 11.9 Å². The predicted octanol–water partition coefficient (Wildman–Crippen LogP) is 4.38. The summed E-state index contributed by atoms with van der Waals surface area (Å²) in [6, 6.07) is 8.15. The fourth-order valence-electron chi connectivity index (χ4n) is 3.39. The van der Waals surface area contributed by atoms with Crippen molar-refractivity contribution in [3.63, 3.8) is 0 Å². The number of carbonyl (C=O) groups excluding carboxylic acids is 1. The monoisotopic (exact) mass is 421 g/mol. The lowest BCUT2D eigenvalue weighted by molar-refractivity contribution is -0.138. The number of amides is 1. The lowest BCUT2D eigenvalue weighted by Crippen LogP contribution is -2.28. The van der Waals surface area contributed by atoms with E-state index in [9.17, 15) is 22.8 Å². The van der Waals surface area contributed by atoms with Crippen LogP contribution in [0.2, 0.25) is 0 Å². The standard InChI is InChI=1S/C22H22F3NO4/c1-26(21(29)14-4-5-14)12-15-11-16(22(23,24)25)6-7-17(15)18-9-13(10-20(27)28)3-8-19(18)30-2/h3,6-9,11,14H,4-5,10,12H2,1-2H3,(H,27,28). The van der Waals surface area contributed by atoms with Gasteiger partial charge in [0.25, 0.3) is 0 Å². The van der Waals surface area contributed by atoms with Crippen molar-refractivity contribution < 1.29 is 32.6 Å². The van der Waals surface area contributed by atoms with E-state index in [0.29, 0.717) is 28.0 Å². The quantitative estimate of drug-likeness (QED) is 0.721. The summed E-state index contributed by atoms with van der Waals surface area (Å²) in [4.78, 5) is 24.9. The zero-order valence-corrected chi connectivity index (χ0v) is 16.6. The second-order valence-electron chi connectivity index (χ2n) is 7.44. The first-order valence-electron chi connectivity index (χ1n) is 9.44. The molecule has 1 saturated carbocycles. The molecule has 0 heterocycles. The van der Waals surface area contributed by atoms with E-state index in [4.69, 9.17) is 9.84 Å². The summed E-state index contributed by atoms with van der Waals surface area (Å²) in [6.07, 6.45) is -3.16. The molecule has 0 bridgehead atoms. The number of halogens is 3. The largest absolute Gasteiger partial charge is 0.496 e. The van der Waals surface area contributed by atoms with Crippen LogP contribution < -0.4 is 4.74 Å². The molecule has 2 aromatic rings. The van der Waals surface area contributed by atoms with Crippen LogP contribution in [0, 0.1) is 5.92 Å². The van der Waals surface area contributed by atoms with Gasteiger partial charge < -0.3 is 14.7 Å². The summed E-state index contributed by atoms with van der Waals surface area (Å²) in [5, 5.41) is 9.07. The van der Waals surface area contributed by atoms with E-state index in [1.54, 1.807) is 25.2 Å². The first-order chi connectivity index (χ1) is 14.1. The minimum Gasteiger partial charge on any atom is -0.496 e. The molecule has 1 aliphatic carbocycles. The highest BCUT2D eigenvalue weighted by Crippen LogP contribution is 2.38. The Morgan fingerprint density at radius 3 is 2.40 bits per heavy atom. The van der Waals surface area contributed by atoms with Gasteiger partial charge in [0.05, 0.1) is 19.1 Å². The SMILES string of the molecule is COc1ccc(CC(=O)O)cc1-c1ccc(C(F)(F)F)cc1CN(C)C(=O)C1CC1. The molecular weight excluding hydrogens is 399 g/mol. The van der Waals surface area contributed by atoms with E-state index >= 15 is 0 Å². The highest BCUT2D eigenvalue weighted by Gasteiger charge is 2.34. The summed E-state index contributed by atoms with van der Waals surface area (Å²) >= 11 is 0. The topological polar surface area (TPSA) is 66.8 Å². The number of benzene rings is 2. The van der Waals surface area contributed by atoms with E-state index in [1.165, 1.54) is 18.1 Å². The Hall–Kier alpha value is -3.03. The van der Waals surface area contributed by atoms with Crippen molar-refractivity contribution in [2.45, 2.75) is 32.0 Å². The number of rotatable bonds is 7.